The monoisotopic (exact) mass is 1290 g/mol. The zero-order valence-electron chi connectivity index (χ0n) is 47.1. The lowest BCUT2D eigenvalue weighted by molar-refractivity contribution is -0.0422. The molecule has 0 aliphatic carbocycles. The lowest BCUT2D eigenvalue weighted by Gasteiger charge is -2.26. The van der Waals surface area contributed by atoms with Crippen LogP contribution in [0.2, 0.25) is 0 Å². The van der Waals surface area contributed by atoms with Crippen molar-refractivity contribution in [3.05, 3.63) is 132 Å². The van der Waals surface area contributed by atoms with Crippen molar-refractivity contribution >= 4 is 107 Å². The average molecular weight is 1290 g/mol. The van der Waals surface area contributed by atoms with Crippen LogP contribution in [-0.2, 0) is 78.1 Å². The molecule has 5 fully saturated rings. The second-order valence-corrected chi connectivity index (χ2v) is 28.5. The maximum atomic E-state index is 14.1. The Kier molecular flexibility index (Phi) is 17.0. The van der Waals surface area contributed by atoms with Crippen molar-refractivity contribution in [2.24, 2.45) is 0 Å². The largest absolute Gasteiger partial charge is 0.472 e. The zero-order chi connectivity index (χ0) is 60.7. The molecule has 0 amide bonds. The minimum atomic E-state index is -5.12. The van der Waals surface area contributed by atoms with Gasteiger partial charge in [-0.3, -0.25) is 36.2 Å². The van der Waals surface area contributed by atoms with Crippen molar-refractivity contribution < 1.29 is 108 Å². The van der Waals surface area contributed by atoms with Crippen molar-refractivity contribution in [2.45, 2.75) is 105 Å². The first-order chi connectivity index (χ1) is 42.4. The van der Waals surface area contributed by atoms with Gasteiger partial charge in [0.1, 0.15) is 54.9 Å². The Morgan fingerprint density at radius 2 is 0.761 bits per heavy atom. The first kappa shape index (κ1) is 61.0. The van der Waals surface area contributed by atoms with Crippen LogP contribution in [-0.4, -0.2) is 144 Å². The standard InChI is InChI=1S/C61H64O23P4/c62-29-53-51(27-49(79-53)39-19-20-45-42-10-3-8-34-7-2-9-41(59(34)42)43-12-4-11-40(39)61(43)45)83-88(70,71)78-33-57-52(28-50(80-57)38-17-15-37-14-13-35-5-1-6-36-16-18-44(38)60(37)58(35)36)84-87(68,69)77-32-56-48(23-26-74-56)82-86(66,67)76-31-55-47(22-25-73-55)81-85(64,65)75-30-54-46(63)21-24-72-54/h1-20,46-57,62-63H,21-33H2,(H,64,65)(H,66,67)(H,68,69)(H,70,71)/t46-,47-,48-,49+,50+,51-,52-,53+,54+,55+,56+,57+/m0/s1. The van der Waals surface area contributed by atoms with E-state index in [0.717, 1.165) is 75.6 Å². The van der Waals surface area contributed by atoms with Crippen LogP contribution in [0.1, 0.15) is 55.4 Å². The molecule has 9 aromatic rings. The summed E-state index contributed by atoms with van der Waals surface area (Å²) in [6, 6.07) is 40.6. The third kappa shape index (κ3) is 12.3. The van der Waals surface area contributed by atoms with E-state index in [1.807, 2.05) is 78.9 Å². The minimum Gasteiger partial charge on any atom is -0.394 e. The Labute approximate surface area is 503 Å². The molecule has 4 unspecified atom stereocenters. The van der Waals surface area contributed by atoms with Gasteiger partial charge < -0.3 is 53.5 Å². The molecule has 466 valence electrons. The molecule has 5 aliphatic heterocycles. The second kappa shape index (κ2) is 24.5. The van der Waals surface area contributed by atoms with Gasteiger partial charge in [0.25, 0.3) is 0 Å². The lowest BCUT2D eigenvalue weighted by Crippen LogP contribution is -2.32. The van der Waals surface area contributed by atoms with E-state index in [1.54, 1.807) is 0 Å². The van der Waals surface area contributed by atoms with Crippen molar-refractivity contribution in [1.29, 1.82) is 0 Å². The van der Waals surface area contributed by atoms with Gasteiger partial charge in [0.2, 0.25) is 0 Å². The van der Waals surface area contributed by atoms with Gasteiger partial charge in [0.05, 0.1) is 51.3 Å². The zero-order valence-corrected chi connectivity index (χ0v) is 50.7. The van der Waals surface area contributed by atoms with Gasteiger partial charge in [0, 0.05) is 45.5 Å². The summed E-state index contributed by atoms with van der Waals surface area (Å²) in [6.45, 7) is -2.60. The van der Waals surface area contributed by atoms with Crippen LogP contribution in [0.4, 0.5) is 0 Å². The predicted octanol–water partition coefficient (Wildman–Crippen LogP) is 10.7. The average Bonchev–Trinajstić information content (AvgIpc) is 1.03. The third-order valence-electron chi connectivity index (χ3n) is 17.6. The third-order valence-corrected chi connectivity index (χ3v) is 21.6. The van der Waals surface area contributed by atoms with Gasteiger partial charge in [-0.25, -0.2) is 18.3 Å². The Balaban J connectivity index is 0.651. The lowest BCUT2D eigenvalue weighted by atomic mass is 9.87. The van der Waals surface area contributed by atoms with E-state index in [1.165, 1.54) is 5.39 Å². The number of phosphoric ester groups is 4. The van der Waals surface area contributed by atoms with E-state index in [4.69, 9.17) is 59.9 Å². The van der Waals surface area contributed by atoms with Crippen molar-refractivity contribution in [3.8, 4) is 0 Å². The van der Waals surface area contributed by atoms with Crippen LogP contribution < -0.4 is 0 Å². The van der Waals surface area contributed by atoms with Gasteiger partial charge in [0.15, 0.2) is 0 Å². The SMILES string of the molecule is O=P(O)(OC[C@H]1OCC[C@@H]1O)O[C@H]1CCO[C@@H]1COP(=O)(O)O[C@H]1CCO[C@@H]1COP(=O)(O)O[C@H]1C[C@H](c2ccc3ccc4cccc5ccc2c3c45)O[C@@H]1COP(=O)(O)O[C@H]1C[C@H](c2ccc3c4cccc5cccc(c6cccc2c63)c54)O[C@@H]1CO. The molecule has 6 N–H and O–H groups in total. The maximum absolute atomic E-state index is 14.1. The molecule has 0 bridgehead atoms. The van der Waals surface area contributed by atoms with Crippen molar-refractivity contribution in [3.63, 3.8) is 0 Å². The van der Waals surface area contributed by atoms with Gasteiger partial charge >= 0.3 is 31.3 Å². The first-order valence-corrected chi connectivity index (χ1v) is 35.2. The number of phosphoric acid groups is 4. The molecule has 23 nitrogen and oxygen atoms in total. The summed E-state index contributed by atoms with van der Waals surface area (Å²) in [5.41, 5.74) is 1.53. The highest BCUT2D eigenvalue weighted by atomic mass is 31.2. The van der Waals surface area contributed by atoms with Crippen molar-refractivity contribution in [1.82, 2.24) is 0 Å². The molecule has 5 heterocycles. The number of benzene rings is 9. The Bertz CT molecular complexity index is 4180. The van der Waals surface area contributed by atoms with E-state index < -0.39 is 138 Å². The van der Waals surface area contributed by atoms with E-state index in [2.05, 4.69) is 42.5 Å². The van der Waals surface area contributed by atoms with E-state index in [9.17, 15) is 48.0 Å². The molecular formula is C61H64O23P4. The smallest absolute Gasteiger partial charge is 0.394 e. The van der Waals surface area contributed by atoms with E-state index in [-0.39, 0.29) is 45.5 Å². The molecular weight excluding hydrogens is 1220 g/mol. The quantitative estimate of drug-likeness (QED) is 0.0197. The number of hydrogen-bond donors (Lipinski definition) is 6. The summed E-state index contributed by atoms with van der Waals surface area (Å²) in [4.78, 5) is 44.1. The van der Waals surface area contributed by atoms with Gasteiger partial charge in [-0.05, 0) is 93.0 Å². The summed E-state index contributed by atoms with van der Waals surface area (Å²) in [5.74, 6) is 0. The fourth-order valence-corrected chi connectivity index (χ4v) is 17.3. The van der Waals surface area contributed by atoms with Crippen LogP contribution in [0.3, 0.4) is 0 Å². The Hall–Kier alpha value is -4.52. The Morgan fingerprint density at radius 1 is 0.386 bits per heavy atom. The molecule has 0 spiro atoms. The normalized spacial score (nSPS) is 29.8. The fourth-order valence-electron chi connectivity index (χ4n) is 13.4. The molecule has 0 radical (unpaired) electrons. The Morgan fingerprint density at radius 3 is 1.32 bits per heavy atom. The van der Waals surface area contributed by atoms with Gasteiger partial charge in [-0.1, -0.05) is 121 Å². The van der Waals surface area contributed by atoms with Gasteiger partial charge in [-0.15, -0.1) is 0 Å². The number of rotatable bonds is 23. The maximum Gasteiger partial charge on any atom is 0.472 e. The molecule has 88 heavy (non-hydrogen) atoms. The van der Waals surface area contributed by atoms with Gasteiger partial charge in [-0.2, -0.15) is 0 Å². The number of aliphatic hydroxyl groups is 2. The molecule has 0 saturated carbocycles. The number of hydrogen-bond acceptors (Lipinski definition) is 19. The van der Waals surface area contributed by atoms with Crippen LogP contribution >= 0.6 is 31.3 Å². The molecule has 0 aromatic heterocycles. The molecule has 9 aromatic carbocycles. The minimum absolute atomic E-state index is 0.00380. The number of ether oxygens (including phenoxy) is 5. The number of aliphatic hydroxyl groups excluding tert-OH is 2. The fraction of sp³-hybridized carbons (Fsp3) is 0.410. The molecule has 16 atom stereocenters. The summed E-state index contributed by atoms with van der Waals surface area (Å²) < 4.78 is 128. The highest BCUT2D eigenvalue weighted by molar-refractivity contribution is 7.48. The molecule has 14 rings (SSSR count). The highest BCUT2D eigenvalue weighted by Gasteiger charge is 2.47. The topological polar surface area (TPSA) is 310 Å². The van der Waals surface area contributed by atoms with Crippen LogP contribution in [0.5, 0.6) is 0 Å². The first-order valence-electron chi connectivity index (χ1n) is 29.2. The van der Waals surface area contributed by atoms with E-state index >= 15 is 0 Å². The molecule has 5 aliphatic rings. The predicted molar refractivity (Wildman–Crippen MR) is 321 cm³/mol. The second-order valence-electron chi connectivity index (χ2n) is 22.9. The molecule has 5 saturated heterocycles. The summed E-state index contributed by atoms with van der Waals surface area (Å²) >= 11 is 0. The summed E-state index contributed by atoms with van der Waals surface area (Å²) in [5, 5.41) is 35.1. The highest BCUT2D eigenvalue weighted by Crippen LogP contribution is 2.56. The number of fused-ring (bicyclic) bond motifs is 2. The van der Waals surface area contributed by atoms with E-state index in [0.29, 0.717) is 12.0 Å². The summed E-state index contributed by atoms with van der Waals surface area (Å²) in [7, 11) is -19.8. The molecule has 27 heteroatoms. The van der Waals surface area contributed by atoms with Crippen molar-refractivity contribution in [2.75, 3.05) is 52.9 Å². The van der Waals surface area contributed by atoms with Crippen LogP contribution in [0, 0.1) is 0 Å². The summed E-state index contributed by atoms with van der Waals surface area (Å²) in [6.07, 6.45) is -11.9. The van der Waals surface area contributed by atoms with Crippen LogP contribution in [0.25, 0.3) is 75.4 Å². The van der Waals surface area contributed by atoms with Crippen LogP contribution in [0.15, 0.2) is 121 Å².